The first-order chi connectivity index (χ1) is 15.0. The molecule has 2 N–H and O–H groups in total. The first-order valence-electron chi connectivity index (χ1n) is 9.61. The third-order valence-corrected chi connectivity index (χ3v) is 4.31. The van der Waals surface area contributed by atoms with E-state index in [9.17, 15) is 18.8 Å². The molecular formula is C23H21FN2O5. The number of anilines is 1. The second-order valence-corrected chi connectivity index (χ2v) is 6.49. The molecule has 0 heterocycles. The molecule has 31 heavy (non-hydrogen) atoms. The van der Waals surface area contributed by atoms with Crippen LogP contribution in [0, 0.1) is 5.82 Å². The summed E-state index contributed by atoms with van der Waals surface area (Å²) >= 11 is 0. The van der Waals surface area contributed by atoms with Crippen LogP contribution in [-0.2, 0) is 14.3 Å². The van der Waals surface area contributed by atoms with Crippen LogP contribution in [-0.4, -0.2) is 37.5 Å². The van der Waals surface area contributed by atoms with Crippen LogP contribution in [0.5, 0.6) is 5.75 Å². The quantitative estimate of drug-likeness (QED) is 0.542. The minimum atomic E-state index is -0.532. The maximum Gasteiger partial charge on any atom is 0.325 e. The number of nitrogens with one attached hydrogen (secondary N) is 2. The van der Waals surface area contributed by atoms with Crippen molar-refractivity contribution in [1.29, 1.82) is 0 Å². The summed E-state index contributed by atoms with van der Waals surface area (Å²) in [6, 6.07) is 15.9. The normalized spacial score (nSPS) is 10.4. The van der Waals surface area contributed by atoms with Gasteiger partial charge in [0, 0.05) is 16.6 Å². The van der Waals surface area contributed by atoms with Crippen molar-refractivity contribution < 1.29 is 28.2 Å². The zero-order valence-electron chi connectivity index (χ0n) is 16.8. The highest BCUT2D eigenvalue weighted by atomic mass is 19.1. The molecule has 3 aromatic rings. The molecule has 0 unspecified atom stereocenters. The molecule has 0 radical (unpaired) electrons. The molecule has 0 spiro atoms. The molecule has 3 rings (SSSR count). The maximum absolute atomic E-state index is 13.4. The number of hydrogen-bond acceptors (Lipinski definition) is 5. The fourth-order valence-corrected chi connectivity index (χ4v) is 2.94. The molecule has 3 aromatic carbocycles. The van der Waals surface area contributed by atoms with Gasteiger partial charge in [-0.25, -0.2) is 4.39 Å². The Kier molecular flexibility index (Phi) is 7.16. The highest BCUT2D eigenvalue weighted by molar-refractivity contribution is 6.14. The Labute approximate surface area is 178 Å². The van der Waals surface area contributed by atoms with Gasteiger partial charge in [0.2, 0.25) is 0 Å². The van der Waals surface area contributed by atoms with Gasteiger partial charge in [0.25, 0.3) is 11.8 Å². The molecule has 0 aliphatic heterocycles. The molecule has 0 aliphatic carbocycles. The van der Waals surface area contributed by atoms with Crippen LogP contribution in [0.25, 0.3) is 10.8 Å². The lowest BCUT2D eigenvalue weighted by Crippen LogP contribution is -2.34. The number of benzene rings is 3. The van der Waals surface area contributed by atoms with Gasteiger partial charge in [0.15, 0.2) is 6.61 Å². The Balaban J connectivity index is 1.73. The van der Waals surface area contributed by atoms with Gasteiger partial charge in [0.1, 0.15) is 18.1 Å². The molecule has 0 aromatic heterocycles. The average molecular weight is 424 g/mol. The summed E-state index contributed by atoms with van der Waals surface area (Å²) in [4.78, 5) is 36.0. The van der Waals surface area contributed by atoms with E-state index < -0.39 is 23.6 Å². The molecule has 2 amide bonds. The van der Waals surface area contributed by atoms with Crippen LogP contribution in [0.3, 0.4) is 0 Å². The third-order valence-electron chi connectivity index (χ3n) is 4.31. The Morgan fingerprint density at radius 3 is 2.48 bits per heavy atom. The predicted molar refractivity (Wildman–Crippen MR) is 113 cm³/mol. The summed E-state index contributed by atoms with van der Waals surface area (Å²) < 4.78 is 23.7. The van der Waals surface area contributed by atoms with Gasteiger partial charge in [0.05, 0.1) is 6.61 Å². The minimum Gasteiger partial charge on any atom is -0.483 e. The molecule has 0 aliphatic rings. The fraction of sp³-hybridized carbons (Fsp3) is 0.174. The van der Waals surface area contributed by atoms with Gasteiger partial charge >= 0.3 is 5.97 Å². The van der Waals surface area contributed by atoms with Crippen molar-refractivity contribution in [1.82, 2.24) is 5.32 Å². The van der Waals surface area contributed by atoms with Crippen LogP contribution in [0.15, 0.2) is 60.7 Å². The Hall–Kier alpha value is -3.94. The molecule has 7 nitrogen and oxygen atoms in total. The molecule has 0 bridgehead atoms. The van der Waals surface area contributed by atoms with Crippen LogP contribution in [0.4, 0.5) is 10.1 Å². The van der Waals surface area contributed by atoms with Crippen molar-refractivity contribution in [3.05, 3.63) is 72.0 Å². The standard InChI is InChI=1S/C23H21FN2O5/c1-2-30-22(28)13-25-21(27)14-31-20-11-10-19(17-8-3-4-9-18(17)20)23(29)26-16-7-5-6-15(24)12-16/h3-12H,2,13-14H2,1H3,(H,25,27)(H,26,29). The first-order valence-corrected chi connectivity index (χ1v) is 9.61. The van der Waals surface area contributed by atoms with Gasteiger partial charge < -0.3 is 20.1 Å². The van der Waals surface area contributed by atoms with Gasteiger partial charge in [-0.3, -0.25) is 14.4 Å². The third kappa shape index (κ3) is 5.79. The number of hydrogen-bond donors (Lipinski definition) is 2. The van der Waals surface area contributed by atoms with E-state index >= 15 is 0 Å². The first kappa shape index (κ1) is 21.8. The van der Waals surface area contributed by atoms with E-state index in [1.807, 2.05) is 0 Å². The molecule has 160 valence electrons. The fourth-order valence-electron chi connectivity index (χ4n) is 2.94. The summed E-state index contributed by atoms with van der Waals surface area (Å²) in [5.41, 5.74) is 0.714. The van der Waals surface area contributed by atoms with E-state index in [1.54, 1.807) is 49.4 Å². The van der Waals surface area contributed by atoms with E-state index in [4.69, 9.17) is 9.47 Å². The molecule has 0 saturated heterocycles. The number of rotatable bonds is 8. The smallest absolute Gasteiger partial charge is 0.325 e. The predicted octanol–water partition coefficient (Wildman–Crippen LogP) is 3.29. The number of carbonyl (C=O) groups is 3. The number of ether oxygens (including phenoxy) is 2. The number of amides is 2. The van der Waals surface area contributed by atoms with Crippen LogP contribution in [0.2, 0.25) is 0 Å². The van der Waals surface area contributed by atoms with Crippen LogP contribution in [0.1, 0.15) is 17.3 Å². The van der Waals surface area contributed by atoms with Crippen molar-refractivity contribution in [2.75, 3.05) is 25.1 Å². The second-order valence-electron chi connectivity index (χ2n) is 6.49. The van der Waals surface area contributed by atoms with Gasteiger partial charge in [-0.05, 0) is 42.6 Å². The Morgan fingerprint density at radius 2 is 1.74 bits per heavy atom. The van der Waals surface area contributed by atoms with E-state index in [2.05, 4.69) is 10.6 Å². The second kappa shape index (κ2) is 10.2. The van der Waals surface area contributed by atoms with E-state index in [0.717, 1.165) is 0 Å². The summed E-state index contributed by atoms with van der Waals surface area (Å²) in [5.74, 6) is -1.46. The zero-order valence-corrected chi connectivity index (χ0v) is 16.8. The molecule has 0 saturated carbocycles. The summed E-state index contributed by atoms with van der Waals surface area (Å²) in [5, 5.41) is 6.33. The number of halogens is 1. The SMILES string of the molecule is CCOC(=O)CNC(=O)COc1ccc(C(=O)Nc2cccc(F)c2)c2ccccc12. The highest BCUT2D eigenvalue weighted by Gasteiger charge is 2.15. The lowest BCUT2D eigenvalue weighted by molar-refractivity contribution is -0.143. The minimum absolute atomic E-state index is 0.232. The van der Waals surface area contributed by atoms with E-state index in [1.165, 1.54) is 18.2 Å². The molecule has 0 atom stereocenters. The lowest BCUT2D eigenvalue weighted by atomic mass is 10.0. The average Bonchev–Trinajstić information content (AvgIpc) is 2.76. The van der Waals surface area contributed by atoms with Crippen molar-refractivity contribution in [3.63, 3.8) is 0 Å². The van der Waals surface area contributed by atoms with Crippen molar-refractivity contribution in [3.8, 4) is 5.75 Å². The van der Waals surface area contributed by atoms with Gasteiger partial charge in [-0.2, -0.15) is 0 Å². The summed E-state index contributed by atoms with van der Waals surface area (Å²) in [6.45, 7) is 1.36. The highest BCUT2D eigenvalue weighted by Crippen LogP contribution is 2.29. The van der Waals surface area contributed by atoms with Crippen molar-refractivity contribution in [2.24, 2.45) is 0 Å². The van der Waals surface area contributed by atoms with Crippen LogP contribution >= 0.6 is 0 Å². The van der Waals surface area contributed by atoms with E-state index in [-0.39, 0.29) is 19.8 Å². The maximum atomic E-state index is 13.4. The van der Waals surface area contributed by atoms with Crippen molar-refractivity contribution in [2.45, 2.75) is 6.92 Å². The molecular weight excluding hydrogens is 403 g/mol. The lowest BCUT2D eigenvalue weighted by Gasteiger charge is -2.13. The van der Waals surface area contributed by atoms with E-state index in [0.29, 0.717) is 27.8 Å². The van der Waals surface area contributed by atoms with Crippen molar-refractivity contribution >= 4 is 34.2 Å². The number of fused-ring (bicyclic) bond motifs is 1. The van der Waals surface area contributed by atoms with Gasteiger partial charge in [-0.15, -0.1) is 0 Å². The summed E-state index contributed by atoms with van der Waals surface area (Å²) in [7, 11) is 0. The summed E-state index contributed by atoms with van der Waals surface area (Å²) in [6.07, 6.45) is 0. The molecule has 0 fully saturated rings. The zero-order chi connectivity index (χ0) is 22.2. The Bertz CT molecular complexity index is 1120. The van der Waals surface area contributed by atoms with Gasteiger partial charge in [-0.1, -0.05) is 30.3 Å². The monoisotopic (exact) mass is 424 g/mol. The largest absolute Gasteiger partial charge is 0.483 e. The Morgan fingerprint density at radius 1 is 0.968 bits per heavy atom. The molecule has 8 heteroatoms. The van der Waals surface area contributed by atoms with Crippen LogP contribution < -0.4 is 15.4 Å². The topological polar surface area (TPSA) is 93.7 Å². The number of esters is 1. The number of carbonyl (C=O) groups excluding carboxylic acids is 3.